The van der Waals surface area contributed by atoms with E-state index >= 15 is 0 Å². The zero-order valence-electron chi connectivity index (χ0n) is 24.4. The van der Waals surface area contributed by atoms with Gasteiger partial charge in [0.1, 0.15) is 0 Å². The summed E-state index contributed by atoms with van der Waals surface area (Å²) in [6, 6.07) is 0. The molecule has 0 atom stereocenters. The lowest BCUT2D eigenvalue weighted by atomic mass is 10.2. The van der Waals surface area contributed by atoms with Gasteiger partial charge >= 0.3 is 19.0 Å². The van der Waals surface area contributed by atoms with Crippen LogP contribution in [0.3, 0.4) is 0 Å². The molecule has 0 aromatic heterocycles. The Morgan fingerprint density at radius 3 is 0.730 bits per heavy atom. The molecule has 0 aliphatic rings. The van der Waals surface area contributed by atoms with Crippen LogP contribution in [0, 0.1) is 0 Å². The summed E-state index contributed by atoms with van der Waals surface area (Å²) >= 11 is 9.46. The van der Waals surface area contributed by atoms with Gasteiger partial charge in [-0.1, -0.05) is 103 Å². The van der Waals surface area contributed by atoms with Crippen molar-refractivity contribution in [2.75, 3.05) is 39.3 Å². The van der Waals surface area contributed by atoms with Gasteiger partial charge in [-0.25, -0.2) is 0 Å². The van der Waals surface area contributed by atoms with E-state index < -0.39 is 19.0 Å². The molecule has 0 aliphatic carbocycles. The van der Waals surface area contributed by atoms with Gasteiger partial charge in [0.15, 0.2) is 0 Å². The fourth-order valence-electron chi connectivity index (χ4n) is 3.13. The minimum Gasteiger partial charge on any atom is -0.322 e. The average Bonchev–Trinajstić information content (AvgIpc) is 2.82. The van der Waals surface area contributed by atoms with Crippen molar-refractivity contribution in [1.82, 2.24) is 9.80 Å². The molecule has 0 saturated heterocycles. The zero-order chi connectivity index (χ0) is 29.4. The fraction of sp³-hybridized carbons (Fsp3) is 1.00. The maximum atomic E-state index is 10.2. The number of nitrogens with zero attached hydrogens (tertiary/aromatic N) is 2. The second kappa shape index (κ2) is 25.7. The molecule has 0 unspecified atom stereocenters. The minimum atomic E-state index is -5.22. The lowest BCUT2D eigenvalue weighted by molar-refractivity contribution is 0.261. The average molecular weight is 616 g/mol. The maximum absolute atomic E-state index is 10.2. The van der Waals surface area contributed by atoms with Crippen LogP contribution in [0.1, 0.15) is 119 Å². The van der Waals surface area contributed by atoms with Crippen molar-refractivity contribution in [1.29, 1.82) is 0 Å². The molecule has 0 amide bonds. The molecular formula is C25H58Cl2N2O6P2. The van der Waals surface area contributed by atoms with E-state index in [1.807, 2.05) is 0 Å². The Bertz CT molecular complexity index is 505. The molecule has 0 radical (unpaired) electrons. The maximum Gasteiger partial charge on any atom is 0.373 e. The third kappa shape index (κ3) is 24.3. The molecule has 0 saturated carbocycles. The molecule has 0 bridgehead atoms. The summed E-state index contributed by atoms with van der Waals surface area (Å²) in [5, 5.41) is 0. The molecule has 0 spiro atoms. The first-order valence-corrected chi connectivity index (χ1v) is 18.1. The predicted octanol–water partition coefficient (Wildman–Crippen LogP) is 7.81. The van der Waals surface area contributed by atoms with E-state index in [1.165, 1.54) is 116 Å². The van der Waals surface area contributed by atoms with Crippen LogP contribution in [-0.2, 0) is 9.13 Å². The van der Waals surface area contributed by atoms with Crippen molar-refractivity contribution in [3.63, 3.8) is 0 Å². The molecule has 8 nitrogen and oxygen atoms in total. The molecular weight excluding hydrogens is 557 g/mol. The van der Waals surface area contributed by atoms with Crippen molar-refractivity contribution in [3.05, 3.63) is 0 Å². The van der Waals surface area contributed by atoms with Crippen molar-refractivity contribution in [3.8, 4) is 0 Å². The second-order valence-corrected chi connectivity index (χ2v) is 15.7. The van der Waals surface area contributed by atoms with Crippen LogP contribution in [-0.4, -0.2) is 72.5 Å². The van der Waals surface area contributed by atoms with E-state index in [0.29, 0.717) is 0 Å². The van der Waals surface area contributed by atoms with Crippen LogP contribution in [0.2, 0.25) is 0 Å². The largest absolute Gasteiger partial charge is 0.373 e. The van der Waals surface area contributed by atoms with Crippen molar-refractivity contribution in [2.45, 2.75) is 122 Å². The number of rotatable bonds is 20. The number of hydrogen-bond donors (Lipinski definition) is 4. The van der Waals surface area contributed by atoms with Gasteiger partial charge in [0.2, 0.25) is 0 Å². The van der Waals surface area contributed by atoms with Gasteiger partial charge in [-0.15, -0.1) is 0 Å². The van der Waals surface area contributed by atoms with Crippen LogP contribution >= 0.6 is 38.4 Å². The molecule has 0 fully saturated rings. The van der Waals surface area contributed by atoms with Crippen LogP contribution in [0.15, 0.2) is 0 Å². The molecule has 12 heteroatoms. The molecule has 228 valence electrons. The van der Waals surface area contributed by atoms with E-state index in [4.69, 9.17) is 42.8 Å². The highest BCUT2D eigenvalue weighted by Gasteiger charge is 2.58. The SMILES string of the molecule is CCCCN(CCCC)CCCC.CCCCN(CCCC)CCCC.O=P(O)(O)C(Cl)(Cl)P(=O)(O)O. The predicted molar refractivity (Wildman–Crippen MR) is 161 cm³/mol. The Balaban J connectivity index is -0.000000471. The fourth-order valence-corrected chi connectivity index (χ4v) is 4.49. The molecule has 0 rings (SSSR count). The highest BCUT2D eigenvalue weighted by molar-refractivity contribution is 7.78. The van der Waals surface area contributed by atoms with Crippen molar-refractivity contribution < 1.29 is 28.7 Å². The van der Waals surface area contributed by atoms with Gasteiger partial charge in [0, 0.05) is 0 Å². The van der Waals surface area contributed by atoms with E-state index in [0.717, 1.165) is 0 Å². The number of hydrogen-bond acceptors (Lipinski definition) is 4. The van der Waals surface area contributed by atoms with Crippen LogP contribution in [0.4, 0.5) is 0 Å². The summed E-state index contributed by atoms with van der Waals surface area (Å²) in [5.41, 5.74) is 0. The first-order valence-electron chi connectivity index (χ1n) is 14.1. The smallest absolute Gasteiger partial charge is 0.322 e. The Morgan fingerprint density at radius 1 is 0.486 bits per heavy atom. The van der Waals surface area contributed by atoms with Crippen molar-refractivity contribution in [2.24, 2.45) is 0 Å². The van der Waals surface area contributed by atoms with Crippen LogP contribution in [0.25, 0.3) is 0 Å². The zero-order valence-corrected chi connectivity index (χ0v) is 27.7. The van der Waals surface area contributed by atoms with Gasteiger partial charge < -0.3 is 29.4 Å². The molecule has 0 aliphatic heterocycles. The Labute approximate surface area is 238 Å². The summed E-state index contributed by atoms with van der Waals surface area (Å²) in [5.74, 6) is 0. The van der Waals surface area contributed by atoms with E-state index in [9.17, 15) is 9.13 Å². The Kier molecular flexibility index (Phi) is 29.4. The third-order valence-electron chi connectivity index (χ3n) is 5.67. The molecule has 37 heavy (non-hydrogen) atoms. The Morgan fingerprint density at radius 2 is 0.649 bits per heavy atom. The summed E-state index contributed by atoms with van der Waals surface area (Å²) in [6.07, 6.45) is 16.2. The van der Waals surface area contributed by atoms with Gasteiger partial charge in [-0.05, 0) is 77.8 Å². The topological polar surface area (TPSA) is 122 Å². The van der Waals surface area contributed by atoms with E-state index in [-0.39, 0.29) is 0 Å². The van der Waals surface area contributed by atoms with E-state index in [1.54, 1.807) is 0 Å². The lowest BCUT2D eigenvalue weighted by Gasteiger charge is -2.21. The van der Waals surface area contributed by atoms with Gasteiger partial charge in [0.05, 0.1) is 0 Å². The number of halogens is 2. The highest BCUT2D eigenvalue weighted by atomic mass is 35.5. The highest BCUT2D eigenvalue weighted by Crippen LogP contribution is 2.73. The quantitative estimate of drug-likeness (QED) is 0.0809. The summed E-state index contributed by atoms with van der Waals surface area (Å²) in [6.45, 7) is 21.5. The Hall–Kier alpha value is 0.800. The van der Waals surface area contributed by atoms with Crippen LogP contribution < -0.4 is 0 Å². The summed E-state index contributed by atoms with van der Waals surface area (Å²) < 4.78 is 17.1. The monoisotopic (exact) mass is 614 g/mol. The standard InChI is InChI=1S/2C12H27N.CH4Cl2O6P2/c2*1-4-7-10-13(11-8-5-2)12-9-6-3;2-1(3,10(4,5)6)11(7,8)9/h2*4-12H2,1-3H3;(H2,4,5,6)(H2,7,8,9). The molecule has 0 heterocycles. The molecule has 4 N–H and O–H groups in total. The minimum absolute atomic E-state index is 1.32. The van der Waals surface area contributed by atoms with Gasteiger partial charge in [-0.2, -0.15) is 0 Å². The number of alkyl halides is 2. The summed E-state index contributed by atoms with van der Waals surface area (Å²) in [4.78, 5) is 38.2. The second-order valence-electron chi connectivity index (χ2n) is 9.40. The third-order valence-corrected chi connectivity index (χ3v) is 11.3. The summed E-state index contributed by atoms with van der Waals surface area (Å²) in [7, 11) is -10.4. The van der Waals surface area contributed by atoms with Crippen LogP contribution in [0.5, 0.6) is 0 Å². The van der Waals surface area contributed by atoms with Gasteiger partial charge in [-0.3, -0.25) is 9.13 Å². The number of unbranched alkanes of at least 4 members (excludes halogenated alkanes) is 6. The lowest BCUT2D eigenvalue weighted by Crippen LogP contribution is -2.27. The molecule has 0 aromatic carbocycles. The molecule has 0 aromatic rings. The first kappa shape index (κ1) is 42.3. The van der Waals surface area contributed by atoms with Gasteiger partial charge in [0.25, 0.3) is 0 Å². The first-order chi connectivity index (χ1) is 17.2. The normalized spacial score (nSPS) is 12.3. The van der Waals surface area contributed by atoms with Crippen molar-refractivity contribution >= 4 is 38.4 Å². The van der Waals surface area contributed by atoms with E-state index in [2.05, 4.69) is 51.3 Å².